The molecule has 0 saturated heterocycles. The molecule has 1 atom stereocenters. The Morgan fingerprint density at radius 2 is 1.88 bits per heavy atom. The van der Waals surface area contributed by atoms with Gasteiger partial charge in [0.2, 0.25) is 0 Å². The first kappa shape index (κ1) is 13.8. The van der Waals surface area contributed by atoms with Crippen LogP contribution in [0.3, 0.4) is 0 Å². The van der Waals surface area contributed by atoms with Crippen molar-refractivity contribution < 1.29 is 9.53 Å². The fraction of sp³-hybridized carbons (Fsp3) is 0.533. The van der Waals surface area contributed by atoms with E-state index in [1.54, 1.807) is 0 Å². The van der Waals surface area contributed by atoms with Gasteiger partial charge in [0.1, 0.15) is 0 Å². The number of carbonyl (C=O) groups excluding carboxylic acids is 1. The number of rotatable bonds is 5. The van der Waals surface area contributed by atoms with Gasteiger partial charge in [0.15, 0.2) is 0 Å². The SMILES string of the molecule is CCCC(C)(C)C(C(=O)OC)c1ccccc1. The van der Waals surface area contributed by atoms with Crippen LogP contribution in [0, 0.1) is 5.41 Å². The van der Waals surface area contributed by atoms with Crippen LogP contribution in [0.1, 0.15) is 45.1 Å². The summed E-state index contributed by atoms with van der Waals surface area (Å²) in [6.45, 7) is 6.40. The Hall–Kier alpha value is -1.31. The molecule has 0 radical (unpaired) electrons. The topological polar surface area (TPSA) is 26.3 Å². The first-order chi connectivity index (χ1) is 8.03. The molecule has 0 aliphatic heterocycles. The Labute approximate surface area is 104 Å². The van der Waals surface area contributed by atoms with E-state index in [1.807, 2.05) is 30.3 Å². The zero-order valence-electron chi connectivity index (χ0n) is 11.2. The molecule has 0 aliphatic carbocycles. The average molecular weight is 234 g/mol. The molecule has 1 aromatic carbocycles. The minimum absolute atomic E-state index is 0.0802. The zero-order chi connectivity index (χ0) is 12.9. The van der Waals surface area contributed by atoms with Gasteiger partial charge in [0.05, 0.1) is 13.0 Å². The second-order valence-electron chi connectivity index (χ2n) is 5.11. The number of hydrogen-bond acceptors (Lipinski definition) is 2. The maximum absolute atomic E-state index is 12.0. The molecule has 0 spiro atoms. The highest BCUT2D eigenvalue weighted by Crippen LogP contribution is 2.40. The van der Waals surface area contributed by atoms with Crippen molar-refractivity contribution in [2.24, 2.45) is 5.41 Å². The first-order valence-corrected chi connectivity index (χ1v) is 6.15. The van der Waals surface area contributed by atoms with Crippen LogP contribution in [0.5, 0.6) is 0 Å². The predicted octanol–water partition coefficient (Wildman–Crippen LogP) is 3.77. The fourth-order valence-corrected chi connectivity index (χ4v) is 2.46. The van der Waals surface area contributed by atoms with Gasteiger partial charge in [-0.15, -0.1) is 0 Å². The lowest BCUT2D eigenvalue weighted by Crippen LogP contribution is -2.30. The lowest BCUT2D eigenvalue weighted by Gasteiger charge is -2.32. The molecule has 0 aromatic heterocycles. The van der Waals surface area contributed by atoms with E-state index in [0.29, 0.717) is 0 Å². The van der Waals surface area contributed by atoms with E-state index in [-0.39, 0.29) is 17.3 Å². The van der Waals surface area contributed by atoms with Crippen molar-refractivity contribution in [3.05, 3.63) is 35.9 Å². The van der Waals surface area contributed by atoms with Crippen molar-refractivity contribution in [3.8, 4) is 0 Å². The summed E-state index contributed by atoms with van der Waals surface area (Å²) in [5.74, 6) is -0.330. The molecule has 0 aliphatic rings. The van der Waals surface area contributed by atoms with Crippen LogP contribution in [-0.2, 0) is 9.53 Å². The molecular formula is C15H22O2. The van der Waals surface area contributed by atoms with Crippen LogP contribution in [0.15, 0.2) is 30.3 Å². The molecule has 0 saturated carbocycles. The minimum Gasteiger partial charge on any atom is -0.469 e. The van der Waals surface area contributed by atoms with Gasteiger partial charge in [0, 0.05) is 0 Å². The van der Waals surface area contributed by atoms with Crippen LogP contribution in [0.4, 0.5) is 0 Å². The normalized spacial score (nSPS) is 13.2. The monoisotopic (exact) mass is 234 g/mol. The second-order valence-corrected chi connectivity index (χ2v) is 5.11. The summed E-state index contributed by atoms with van der Waals surface area (Å²) in [6.07, 6.45) is 2.06. The van der Waals surface area contributed by atoms with Crippen molar-refractivity contribution >= 4 is 5.97 Å². The van der Waals surface area contributed by atoms with E-state index >= 15 is 0 Å². The smallest absolute Gasteiger partial charge is 0.313 e. The summed E-state index contributed by atoms with van der Waals surface area (Å²) in [5.41, 5.74) is 0.959. The third-order valence-corrected chi connectivity index (χ3v) is 3.25. The van der Waals surface area contributed by atoms with Crippen molar-refractivity contribution in [3.63, 3.8) is 0 Å². The summed E-state index contributed by atoms with van der Waals surface area (Å²) in [6, 6.07) is 9.89. The summed E-state index contributed by atoms with van der Waals surface area (Å²) in [5, 5.41) is 0. The van der Waals surface area contributed by atoms with Crippen LogP contribution in [-0.4, -0.2) is 13.1 Å². The first-order valence-electron chi connectivity index (χ1n) is 6.15. The van der Waals surface area contributed by atoms with Crippen molar-refractivity contribution in [2.75, 3.05) is 7.11 Å². The van der Waals surface area contributed by atoms with Crippen molar-refractivity contribution in [1.82, 2.24) is 0 Å². The van der Waals surface area contributed by atoms with Crippen LogP contribution < -0.4 is 0 Å². The predicted molar refractivity (Wildman–Crippen MR) is 69.9 cm³/mol. The summed E-state index contributed by atoms with van der Waals surface area (Å²) in [7, 11) is 1.46. The standard InChI is InChI=1S/C15H22O2/c1-5-11-15(2,3)13(14(16)17-4)12-9-7-6-8-10-12/h6-10,13H,5,11H2,1-4H3. The highest BCUT2D eigenvalue weighted by atomic mass is 16.5. The van der Waals surface area contributed by atoms with Crippen LogP contribution in [0.25, 0.3) is 0 Å². The van der Waals surface area contributed by atoms with Gasteiger partial charge in [-0.05, 0) is 17.4 Å². The molecule has 0 heterocycles. The Balaban J connectivity index is 3.09. The Kier molecular flexibility index (Phi) is 4.73. The van der Waals surface area contributed by atoms with Gasteiger partial charge in [-0.1, -0.05) is 57.5 Å². The molecule has 0 fully saturated rings. The van der Waals surface area contributed by atoms with Gasteiger partial charge in [-0.25, -0.2) is 0 Å². The zero-order valence-corrected chi connectivity index (χ0v) is 11.2. The van der Waals surface area contributed by atoms with Crippen LogP contribution in [0.2, 0.25) is 0 Å². The van der Waals surface area contributed by atoms with E-state index in [2.05, 4.69) is 20.8 Å². The molecule has 1 aromatic rings. The molecule has 0 bridgehead atoms. The van der Waals surface area contributed by atoms with Crippen LogP contribution >= 0.6 is 0 Å². The highest BCUT2D eigenvalue weighted by Gasteiger charge is 2.36. The molecule has 0 N–H and O–H groups in total. The fourth-order valence-electron chi connectivity index (χ4n) is 2.46. The van der Waals surface area contributed by atoms with Gasteiger partial charge < -0.3 is 4.74 Å². The number of benzene rings is 1. The van der Waals surface area contributed by atoms with Gasteiger partial charge in [-0.3, -0.25) is 4.79 Å². The number of ether oxygens (including phenoxy) is 1. The number of hydrogen-bond donors (Lipinski definition) is 0. The summed E-state index contributed by atoms with van der Waals surface area (Å²) in [4.78, 5) is 12.0. The maximum atomic E-state index is 12.0. The summed E-state index contributed by atoms with van der Waals surface area (Å²) >= 11 is 0. The van der Waals surface area contributed by atoms with Gasteiger partial charge in [0.25, 0.3) is 0 Å². The Morgan fingerprint density at radius 3 is 2.35 bits per heavy atom. The largest absolute Gasteiger partial charge is 0.469 e. The number of methoxy groups -OCH3 is 1. The summed E-state index contributed by atoms with van der Waals surface area (Å²) < 4.78 is 4.96. The quantitative estimate of drug-likeness (QED) is 0.725. The average Bonchev–Trinajstić information content (AvgIpc) is 2.30. The second kappa shape index (κ2) is 5.85. The highest BCUT2D eigenvalue weighted by molar-refractivity contribution is 5.79. The van der Waals surface area contributed by atoms with E-state index in [0.717, 1.165) is 18.4 Å². The maximum Gasteiger partial charge on any atom is 0.313 e. The van der Waals surface area contributed by atoms with E-state index in [1.165, 1.54) is 7.11 Å². The van der Waals surface area contributed by atoms with Crippen molar-refractivity contribution in [1.29, 1.82) is 0 Å². The van der Waals surface area contributed by atoms with E-state index in [4.69, 9.17) is 4.74 Å². The van der Waals surface area contributed by atoms with Gasteiger partial charge in [-0.2, -0.15) is 0 Å². The molecule has 1 rings (SSSR count). The van der Waals surface area contributed by atoms with Gasteiger partial charge >= 0.3 is 5.97 Å². The molecule has 0 amide bonds. The molecule has 2 heteroatoms. The Bertz CT molecular complexity index is 354. The third-order valence-electron chi connectivity index (χ3n) is 3.25. The third kappa shape index (κ3) is 3.32. The molecule has 17 heavy (non-hydrogen) atoms. The molecule has 1 unspecified atom stereocenters. The van der Waals surface area contributed by atoms with E-state index < -0.39 is 0 Å². The Morgan fingerprint density at radius 1 is 1.29 bits per heavy atom. The lowest BCUT2D eigenvalue weighted by molar-refractivity contribution is -0.145. The van der Waals surface area contributed by atoms with E-state index in [9.17, 15) is 4.79 Å². The molecule has 94 valence electrons. The minimum atomic E-state index is -0.186. The molecule has 2 nitrogen and oxygen atoms in total. The number of esters is 1. The van der Waals surface area contributed by atoms with Crippen molar-refractivity contribution in [2.45, 2.75) is 39.5 Å². The molecular weight excluding hydrogens is 212 g/mol. The number of carbonyl (C=O) groups is 1. The lowest BCUT2D eigenvalue weighted by atomic mass is 9.72.